The molecule has 0 aromatic heterocycles. The molecule has 0 saturated heterocycles. The summed E-state index contributed by atoms with van der Waals surface area (Å²) in [7, 11) is 0. The van der Waals surface area contributed by atoms with E-state index in [1.807, 2.05) is 18.2 Å². The second-order valence-corrected chi connectivity index (χ2v) is 4.63. The van der Waals surface area contributed by atoms with Gasteiger partial charge in [-0.25, -0.2) is 0 Å². The molecule has 0 aliphatic carbocycles. The summed E-state index contributed by atoms with van der Waals surface area (Å²) >= 11 is 0. The van der Waals surface area contributed by atoms with Gasteiger partial charge in [-0.3, -0.25) is 4.79 Å². The predicted molar refractivity (Wildman–Crippen MR) is 70.0 cm³/mol. The van der Waals surface area contributed by atoms with Crippen molar-refractivity contribution in [2.24, 2.45) is 5.92 Å². The van der Waals surface area contributed by atoms with Crippen LogP contribution in [0.15, 0.2) is 30.3 Å². The lowest BCUT2D eigenvalue weighted by Crippen LogP contribution is -2.09. The molecule has 94 valence electrons. The normalized spacial score (nSPS) is 12.3. The first kappa shape index (κ1) is 13.8. The van der Waals surface area contributed by atoms with E-state index in [1.165, 1.54) is 5.56 Å². The van der Waals surface area contributed by atoms with Crippen LogP contribution in [0.25, 0.3) is 0 Å². The molecule has 1 aromatic rings. The Bertz CT molecular complexity index is 319. The van der Waals surface area contributed by atoms with Crippen molar-refractivity contribution < 1.29 is 9.90 Å². The van der Waals surface area contributed by atoms with E-state index < -0.39 is 5.97 Å². The molecule has 0 bridgehead atoms. The summed E-state index contributed by atoms with van der Waals surface area (Å²) in [5.74, 6) is -0.341. The summed E-state index contributed by atoms with van der Waals surface area (Å²) in [6.45, 7) is 2.15. The van der Waals surface area contributed by atoms with Crippen molar-refractivity contribution in [3.63, 3.8) is 0 Å². The Morgan fingerprint density at radius 3 is 2.53 bits per heavy atom. The average molecular weight is 234 g/mol. The standard InChI is InChI=1S/C15H22O2/c1-2-3-7-14(12-15(16)17)11-10-13-8-5-4-6-9-13/h4-6,8-9,14H,2-3,7,10-12H2,1H3,(H,16,17). The van der Waals surface area contributed by atoms with Crippen molar-refractivity contribution in [1.29, 1.82) is 0 Å². The van der Waals surface area contributed by atoms with E-state index in [2.05, 4.69) is 19.1 Å². The van der Waals surface area contributed by atoms with E-state index in [-0.39, 0.29) is 0 Å². The molecule has 2 heteroatoms. The minimum absolute atomic E-state index is 0.312. The van der Waals surface area contributed by atoms with E-state index in [1.54, 1.807) is 0 Å². The minimum atomic E-state index is -0.667. The molecule has 0 spiro atoms. The summed E-state index contributed by atoms with van der Waals surface area (Å²) in [4.78, 5) is 10.8. The largest absolute Gasteiger partial charge is 0.481 e. The van der Waals surface area contributed by atoms with Crippen molar-refractivity contribution in [2.45, 2.75) is 45.4 Å². The first-order valence-corrected chi connectivity index (χ1v) is 6.48. The summed E-state index contributed by atoms with van der Waals surface area (Å²) < 4.78 is 0. The molecule has 0 amide bonds. The van der Waals surface area contributed by atoms with Gasteiger partial charge in [0.25, 0.3) is 0 Å². The Labute approximate surface area is 104 Å². The number of aliphatic carboxylic acids is 1. The number of rotatable bonds is 8. The van der Waals surface area contributed by atoms with Gasteiger partial charge >= 0.3 is 5.97 Å². The van der Waals surface area contributed by atoms with Gasteiger partial charge < -0.3 is 5.11 Å². The fourth-order valence-corrected chi connectivity index (χ4v) is 2.10. The molecule has 1 N–H and O–H groups in total. The molecule has 1 atom stereocenters. The third-order valence-corrected chi connectivity index (χ3v) is 3.11. The molecule has 0 saturated carbocycles. The first-order valence-electron chi connectivity index (χ1n) is 6.48. The highest BCUT2D eigenvalue weighted by Gasteiger charge is 2.12. The van der Waals surface area contributed by atoms with Crippen LogP contribution in [0, 0.1) is 5.92 Å². The van der Waals surface area contributed by atoms with E-state index in [0.29, 0.717) is 12.3 Å². The topological polar surface area (TPSA) is 37.3 Å². The lowest BCUT2D eigenvalue weighted by molar-refractivity contribution is -0.138. The van der Waals surface area contributed by atoms with Gasteiger partial charge in [-0.15, -0.1) is 0 Å². The zero-order valence-electron chi connectivity index (χ0n) is 10.6. The summed E-state index contributed by atoms with van der Waals surface area (Å²) in [5, 5.41) is 8.88. The Morgan fingerprint density at radius 1 is 1.24 bits per heavy atom. The monoisotopic (exact) mass is 234 g/mol. The Kier molecular flexibility index (Phi) is 6.38. The van der Waals surface area contributed by atoms with Gasteiger partial charge in [0, 0.05) is 6.42 Å². The Hall–Kier alpha value is -1.31. The number of hydrogen-bond acceptors (Lipinski definition) is 1. The van der Waals surface area contributed by atoms with Gasteiger partial charge in [0.1, 0.15) is 0 Å². The maximum Gasteiger partial charge on any atom is 0.303 e. The van der Waals surface area contributed by atoms with Gasteiger partial charge in [0.05, 0.1) is 0 Å². The molecule has 0 heterocycles. The average Bonchev–Trinajstić information content (AvgIpc) is 2.33. The first-order chi connectivity index (χ1) is 8.22. The second kappa shape index (κ2) is 7.88. The molecule has 17 heavy (non-hydrogen) atoms. The summed E-state index contributed by atoms with van der Waals surface area (Å²) in [5.41, 5.74) is 1.30. The molecule has 0 aliphatic heterocycles. The van der Waals surface area contributed by atoms with Crippen LogP contribution in [-0.2, 0) is 11.2 Å². The Balaban J connectivity index is 2.40. The highest BCUT2D eigenvalue weighted by Crippen LogP contribution is 2.19. The number of carboxylic acids is 1. The summed E-state index contributed by atoms with van der Waals surface area (Å²) in [6, 6.07) is 10.3. The van der Waals surface area contributed by atoms with Crippen molar-refractivity contribution in [3.8, 4) is 0 Å². The van der Waals surface area contributed by atoms with E-state index in [4.69, 9.17) is 5.11 Å². The van der Waals surface area contributed by atoms with Gasteiger partial charge in [-0.2, -0.15) is 0 Å². The zero-order valence-corrected chi connectivity index (χ0v) is 10.6. The zero-order chi connectivity index (χ0) is 12.5. The molecule has 0 aliphatic rings. The fraction of sp³-hybridized carbons (Fsp3) is 0.533. The molecular formula is C15H22O2. The number of benzene rings is 1. The van der Waals surface area contributed by atoms with E-state index >= 15 is 0 Å². The number of carbonyl (C=O) groups is 1. The SMILES string of the molecule is CCCCC(CCc1ccccc1)CC(=O)O. The van der Waals surface area contributed by atoms with Crippen LogP contribution in [0.5, 0.6) is 0 Å². The number of carboxylic acid groups (broad SMARTS) is 1. The van der Waals surface area contributed by atoms with Crippen LogP contribution in [0.4, 0.5) is 0 Å². The third kappa shape index (κ3) is 6.10. The van der Waals surface area contributed by atoms with Gasteiger partial charge in [-0.05, 0) is 30.7 Å². The van der Waals surface area contributed by atoms with Crippen molar-refractivity contribution in [1.82, 2.24) is 0 Å². The Morgan fingerprint density at radius 2 is 1.94 bits per heavy atom. The molecule has 0 radical (unpaired) electrons. The molecule has 1 unspecified atom stereocenters. The maximum absolute atomic E-state index is 10.8. The van der Waals surface area contributed by atoms with Gasteiger partial charge in [0.2, 0.25) is 0 Å². The third-order valence-electron chi connectivity index (χ3n) is 3.11. The van der Waals surface area contributed by atoms with Crippen LogP contribution in [0.3, 0.4) is 0 Å². The minimum Gasteiger partial charge on any atom is -0.481 e. The molecule has 1 rings (SSSR count). The molecule has 1 aromatic carbocycles. The highest BCUT2D eigenvalue weighted by molar-refractivity contribution is 5.67. The van der Waals surface area contributed by atoms with Crippen molar-refractivity contribution in [3.05, 3.63) is 35.9 Å². The quantitative estimate of drug-likeness (QED) is 0.740. The van der Waals surface area contributed by atoms with E-state index in [9.17, 15) is 4.79 Å². The summed E-state index contributed by atoms with van der Waals surface area (Å²) in [6.07, 6.45) is 5.59. The highest BCUT2D eigenvalue weighted by atomic mass is 16.4. The predicted octanol–water partition coefficient (Wildman–Crippen LogP) is 3.90. The van der Waals surface area contributed by atoms with Crippen LogP contribution in [-0.4, -0.2) is 11.1 Å². The maximum atomic E-state index is 10.8. The number of aryl methyl sites for hydroxylation is 1. The van der Waals surface area contributed by atoms with Gasteiger partial charge in [0.15, 0.2) is 0 Å². The lowest BCUT2D eigenvalue weighted by Gasteiger charge is -2.14. The molecular weight excluding hydrogens is 212 g/mol. The second-order valence-electron chi connectivity index (χ2n) is 4.63. The number of hydrogen-bond donors (Lipinski definition) is 1. The van der Waals surface area contributed by atoms with Crippen molar-refractivity contribution in [2.75, 3.05) is 0 Å². The van der Waals surface area contributed by atoms with E-state index in [0.717, 1.165) is 32.1 Å². The van der Waals surface area contributed by atoms with Crippen LogP contribution in [0.2, 0.25) is 0 Å². The lowest BCUT2D eigenvalue weighted by atomic mass is 9.92. The smallest absolute Gasteiger partial charge is 0.303 e. The van der Waals surface area contributed by atoms with Crippen molar-refractivity contribution >= 4 is 5.97 Å². The molecule has 0 fully saturated rings. The van der Waals surface area contributed by atoms with Crippen LogP contribution in [0.1, 0.15) is 44.6 Å². The fourth-order valence-electron chi connectivity index (χ4n) is 2.10. The van der Waals surface area contributed by atoms with Gasteiger partial charge in [-0.1, -0.05) is 50.1 Å². The molecule has 2 nitrogen and oxygen atoms in total. The number of unbranched alkanes of at least 4 members (excludes halogenated alkanes) is 1. The van der Waals surface area contributed by atoms with Crippen LogP contribution < -0.4 is 0 Å². The van der Waals surface area contributed by atoms with Crippen LogP contribution >= 0.6 is 0 Å².